The Labute approximate surface area is 187 Å². The number of ketones is 2. The molecule has 0 heterocycles. The largest absolute Gasteiger partial charge is 0.507 e. The molecule has 0 fully saturated rings. The highest BCUT2D eigenvalue weighted by molar-refractivity contribution is 6.30. The Morgan fingerprint density at radius 3 is 2.29 bits per heavy atom. The fourth-order valence-electron chi connectivity index (χ4n) is 3.63. The molecule has 0 radical (unpaired) electrons. The second kappa shape index (κ2) is 10.4. The van der Waals surface area contributed by atoms with E-state index in [4.69, 9.17) is 4.74 Å². The van der Waals surface area contributed by atoms with Crippen LogP contribution in [0.3, 0.4) is 0 Å². The third-order valence-corrected chi connectivity index (χ3v) is 5.34. The molecule has 0 aliphatic heterocycles. The molecule has 0 aromatic heterocycles. The van der Waals surface area contributed by atoms with Crippen molar-refractivity contribution >= 4 is 29.9 Å². The van der Waals surface area contributed by atoms with E-state index in [1.54, 1.807) is 0 Å². The van der Waals surface area contributed by atoms with Crippen LogP contribution in [0, 0.1) is 0 Å². The summed E-state index contributed by atoms with van der Waals surface area (Å²) in [5.74, 6) is -2.69. The number of fused-ring (bicyclic) bond motifs is 2. The minimum absolute atomic E-state index is 0. The summed E-state index contributed by atoms with van der Waals surface area (Å²) in [5, 5.41) is 20.3. The van der Waals surface area contributed by atoms with E-state index in [2.05, 4.69) is 18.7 Å². The number of hydrogen-bond acceptors (Lipinski definition) is 7. The topological polar surface area (TPSA) is 104 Å². The van der Waals surface area contributed by atoms with E-state index < -0.39 is 23.3 Å². The van der Waals surface area contributed by atoms with Gasteiger partial charge in [0.05, 0.1) is 23.3 Å². The van der Waals surface area contributed by atoms with Crippen LogP contribution in [0.15, 0.2) is 30.3 Å². The average molecular weight is 448 g/mol. The maximum atomic E-state index is 12.8. The summed E-state index contributed by atoms with van der Waals surface area (Å²) in [5.41, 5.74) is -0.404. The summed E-state index contributed by atoms with van der Waals surface area (Å²) in [6.07, 6.45) is 1.58. The Hall–Kier alpha value is -2.90. The first kappa shape index (κ1) is 24.4. The molecule has 8 heteroatoms. The molecule has 0 amide bonds. The molecule has 0 saturated heterocycles. The third-order valence-electron chi connectivity index (χ3n) is 5.34. The first-order valence-electron chi connectivity index (χ1n) is 10.1. The number of rotatable bonds is 8. The van der Waals surface area contributed by atoms with Crippen LogP contribution >= 0.6 is 12.4 Å². The summed E-state index contributed by atoms with van der Waals surface area (Å²) in [7, 11) is 0. The van der Waals surface area contributed by atoms with Crippen molar-refractivity contribution < 1.29 is 29.3 Å². The zero-order chi connectivity index (χ0) is 21.8. The van der Waals surface area contributed by atoms with Crippen molar-refractivity contribution in [3.05, 3.63) is 58.1 Å². The number of benzene rings is 2. The quantitative estimate of drug-likeness (QED) is 0.401. The third kappa shape index (κ3) is 4.89. The van der Waals surface area contributed by atoms with Gasteiger partial charge < -0.3 is 19.8 Å². The van der Waals surface area contributed by atoms with Crippen LogP contribution in [-0.2, 0) is 4.74 Å². The second-order valence-electron chi connectivity index (χ2n) is 7.15. The number of halogens is 1. The molecule has 2 N–H and O–H groups in total. The van der Waals surface area contributed by atoms with E-state index in [1.807, 2.05) is 0 Å². The Kier molecular flexibility index (Phi) is 8.19. The number of aromatic hydroxyl groups is 2. The van der Waals surface area contributed by atoms with Gasteiger partial charge in [-0.15, -0.1) is 12.4 Å². The molecule has 166 valence electrons. The number of nitrogens with zero attached hydrogens (tertiary/aromatic N) is 1. The van der Waals surface area contributed by atoms with E-state index >= 15 is 0 Å². The first-order chi connectivity index (χ1) is 14.4. The Balaban J connectivity index is 0.00000341. The lowest BCUT2D eigenvalue weighted by molar-refractivity contribution is 0.0494. The van der Waals surface area contributed by atoms with E-state index in [0.717, 1.165) is 32.1 Å². The number of carbonyl (C=O) groups is 3. The van der Waals surface area contributed by atoms with Crippen LogP contribution in [0.4, 0.5) is 0 Å². The Morgan fingerprint density at radius 1 is 0.935 bits per heavy atom. The number of phenolic OH excluding ortho intramolecular Hbond substituents is 2. The number of carbonyl (C=O) groups excluding carboxylic acids is 3. The number of unbranched alkanes of at least 4 members (excludes halogenated alkanes) is 1. The van der Waals surface area contributed by atoms with Gasteiger partial charge in [0.25, 0.3) is 0 Å². The molecule has 0 bridgehead atoms. The van der Waals surface area contributed by atoms with Crippen molar-refractivity contribution in [1.29, 1.82) is 0 Å². The molecule has 0 spiro atoms. The van der Waals surface area contributed by atoms with Crippen LogP contribution < -0.4 is 0 Å². The minimum atomic E-state index is -0.669. The van der Waals surface area contributed by atoms with Crippen molar-refractivity contribution in [2.45, 2.75) is 26.7 Å². The van der Waals surface area contributed by atoms with Gasteiger partial charge >= 0.3 is 5.97 Å². The van der Waals surface area contributed by atoms with E-state index in [9.17, 15) is 24.6 Å². The normalized spacial score (nSPS) is 12.2. The fourth-order valence-corrected chi connectivity index (χ4v) is 3.63. The summed E-state index contributed by atoms with van der Waals surface area (Å²) in [4.78, 5) is 40.2. The maximum absolute atomic E-state index is 12.8. The highest BCUT2D eigenvalue weighted by Gasteiger charge is 2.35. The Bertz CT molecular complexity index is 1000. The predicted molar refractivity (Wildman–Crippen MR) is 118 cm³/mol. The molecule has 1 aliphatic rings. The van der Waals surface area contributed by atoms with Crippen LogP contribution in [0.5, 0.6) is 11.5 Å². The maximum Gasteiger partial charge on any atom is 0.338 e. The lowest BCUT2D eigenvalue weighted by Gasteiger charge is -2.20. The van der Waals surface area contributed by atoms with Gasteiger partial charge in [0, 0.05) is 11.1 Å². The zero-order valence-electron chi connectivity index (χ0n) is 17.5. The second-order valence-corrected chi connectivity index (χ2v) is 7.15. The van der Waals surface area contributed by atoms with Crippen LogP contribution in [0.2, 0.25) is 0 Å². The van der Waals surface area contributed by atoms with Gasteiger partial charge in [-0.05, 0) is 50.7 Å². The highest BCUT2D eigenvalue weighted by Crippen LogP contribution is 2.37. The van der Waals surface area contributed by atoms with Crippen molar-refractivity contribution in [3.8, 4) is 11.5 Å². The van der Waals surface area contributed by atoms with Gasteiger partial charge in [-0.2, -0.15) is 0 Å². The monoisotopic (exact) mass is 447 g/mol. The van der Waals surface area contributed by atoms with Crippen LogP contribution in [0.1, 0.15) is 68.9 Å². The van der Waals surface area contributed by atoms with Crippen LogP contribution in [-0.4, -0.2) is 58.9 Å². The lowest BCUT2D eigenvalue weighted by Crippen LogP contribution is -2.24. The summed E-state index contributed by atoms with van der Waals surface area (Å²) in [6.45, 7) is 7.28. The smallest absolute Gasteiger partial charge is 0.338 e. The standard InChI is InChI=1S/C23H25NO6.ClH/c1-3-24(4-2)10-5-6-11-30-23(29)14-12-16-20(18(26)13-14)22(28)19-15(21(16)27)8-7-9-17(19)25;/h7-9,12-13,25-26H,3-6,10-11H2,1-2H3;1H. The fraction of sp³-hybridized carbons (Fsp3) is 0.348. The number of hydrogen-bond donors (Lipinski definition) is 2. The highest BCUT2D eigenvalue weighted by atomic mass is 35.5. The van der Waals surface area contributed by atoms with E-state index in [0.29, 0.717) is 6.42 Å². The minimum Gasteiger partial charge on any atom is -0.507 e. The number of ether oxygens (including phenoxy) is 1. The summed E-state index contributed by atoms with van der Waals surface area (Å²) >= 11 is 0. The van der Waals surface area contributed by atoms with E-state index in [-0.39, 0.29) is 52.6 Å². The molecule has 0 saturated carbocycles. The lowest BCUT2D eigenvalue weighted by atomic mass is 9.82. The zero-order valence-corrected chi connectivity index (χ0v) is 18.3. The predicted octanol–water partition coefficient (Wildman–Crippen LogP) is 3.57. The van der Waals surface area contributed by atoms with Crippen molar-refractivity contribution in [2.24, 2.45) is 0 Å². The van der Waals surface area contributed by atoms with Gasteiger partial charge in [0.2, 0.25) is 5.78 Å². The van der Waals surface area contributed by atoms with Gasteiger partial charge in [-0.25, -0.2) is 4.79 Å². The molecule has 7 nitrogen and oxygen atoms in total. The average Bonchev–Trinajstić information content (AvgIpc) is 2.73. The molecule has 0 unspecified atom stereocenters. The SMILES string of the molecule is CCN(CC)CCCCOC(=O)c1cc(O)c2c(c1)C(=O)c1cccc(O)c1C2=O.Cl. The number of phenols is 2. The van der Waals surface area contributed by atoms with Crippen molar-refractivity contribution in [2.75, 3.05) is 26.2 Å². The van der Waals surface area contributed by atoms with Gasteiger partial charge in [-0.3, -0.25) is 9.59 Å². The molecule has 2 aromatic carbocycles. The summed E-state index contributed by atoms with van der Waals surface area (Å²) in [6, 6.07) is 6.57. The molecular weight excluding hydrogens is 422 g/mol. The van der Waals surface area contributed by atoms with Crippen LogP contribution in [0.25, 0.3) is 0 Å². The first-order valence-corrected chi connectivity index (χ1v) is 10.1. The van der Waals surface area contributed by atoms with Gasteiger partial charge in [0.1, 0.15) is 11.5 Å². The molecule has 31 heavy (non-hydrogen) atoms. The van der Waals surface area contributed by atoms with Gasteiger partial charge in [0.15, 0.2) is 5.78 Å². The van der Waals surface area contributed by atoms with Crippen molar-refractivity contribution in [3.63, 3.8) is 0 Å². The molecular formula is C23H26ClNO6. The molecule has 3 rings (SSSR count). The molecule has 0 atom stereocenters. The van der Waals surface area contributed by atoms with Gasteiger partial charge in [-0.1, -0.05) is 26.0 Å². The molecule has 2 aromatic rings. The number of esters is 1. The Morgan fingerprint density at radius 2 is 1.61 bits per heavy atom. The molecule has 1 aliphatic carbocycles. The summed E-state index contributed by atoms with van der Waals surface area (Å²) < 4.78 is 5.27. The van der Waals surface area contributed by atoms with Crippen molar-refractivity contribution in [1.82, 2.24) is 4.90 Å². The van der Waals surface area contributed by atoms with E-state index in [1.165, 1.54) is 24.3 Å².